The predicted octanol–water partition coefficient (Wildman–Crippen LogP) is 1.58. The highest BCUT2D eigenvalue weighted by Crippen LogP contribution is 2.28. The number of hydrogen-bond donors (Lipinski definition) is 1. The van der Waals surface area contributed by atoms with Crippen molar-refractivity contribution in [2.24, 2.45) is 5.41 Å². The van der Waals surface area contributed by atoms with E-state index >= 15 is 0 Å². The number of carbonyl (C=O) groups excluding carboxylic acids is 2. The van der Waals surface area contributed by atoms with E-state index in [2.05, 4.69) is 0 Å². The quantitative estimate of drug-likeness (QED) is 0.772. The van der Waals surface area contributed by atoms with Crippen LogP contribution in [0.4, 0.5) is 0 Å². The monoisotopic (exact) mass is 253 g/mol. The van der Waals surface area contributed by atoms with Gasteiger partial charge in [-0.3, -0.25) is 19.3 Å². The third-order valence-electron chi connectivity index (χ3n) is 2.76. The fourth-order valence-electron chi connectivity index (χ4n) is 2.12. The summed E-state index contributed by atoms with van der Waals surface area (Å²) in [4.78, 5) is 35.6. The number of amides is 2. The molecule has 0 bridgehead atoms. The number of aliphatic carboxylic acids is 1. The maximum Gasteiger partial charge on any atom is 0.305 e. The van der Waals surface area contributed by atoms with Crippen molar-refractivity contribution < 1.29 is 19.5 Å². The van der Waals surface area contributed by atoms with Crippen molar-refractivity contribution in [1.29, 1.82) is 0 Å². The zero-order chi connectivity index (χ0) is 14.1. The zero-order valence-corrected chi connectivity index (χ0v) is 11.2. The highest BCUT2D eigenvalue weighted by Gasteiger charge is 2.37. The molecule has 0 radical (unpaired) electrons. The lowest BCUT2D eigenvalue weighted by Gasteiger charge is -2.31. The molecule has 5 heteroatoms. The summed E-state index contributed by atoms with van der Waals surface area (Å²) in [5, 5.41) is 8.91. The summed E-state index contributed by atoms with van der Waals surface area (Å²) in [5.41, 5.74) is 0.210. The van der Waals surface area contributed by atoms with Crippen LogP contribution in [0.15, 0.2) is 11.6 Å². The fraction of sp³-hybridized carbons (Fsp3) is 0.615. The molecule has 2 amide bonds. The van der Waals surface area contributed by atoms with Crippen molar-refractivity contribution in [3.8, 4) is 0 Å². The molecule has 0 aliphatic carbocycles. The summed E-state index contributed by atoms with van der Waals surface area (Å²) in [6, 6.07) is -0.587. The Bertz CT molecular complexity index is 417. The first-order chi connectivity index (χ1) is 8.11. The smallest absolute Gasteiger partial charge is 0.305 e. The van der Waals surface area contributed by atoms with Crippen molar-refractivity contribution in [3.05, 3.63) is 11.6 Å². The van der Waals surface area contributed by atoms with Gasteiger partial charge in [0.15, 0.2) is 0 Å². The van der Waals surface area contributed by atoms with Gasteiger partial charge in [-0.15, -0.1) is 0 Å². The summed E-state index contributed by atoms with van der Waals surface area (Å²) in [5.74, 6) is -1.79. The Morgan fingerprint density at radius 2 is 1.94 bits per heavy atom. The van der Waals surface area contributed by atoms with Crippen LogP contribution in [0, 0.1) is 5.41 Å². The van der Waals surface area contributed by atoms with Gasteiger partial charge in [0.2, 0.25) is 0 Å². The Kier molecular flexibility index (Phi) is 3.94. The maximum absolute atomic E-state index is 11.9. The average Bonchev–Trinajstić information content (AvgIpc) is 2.36. The van der Waals surface area contributed by atoms with Crippen LogP contribution in [-0.4, -0.2) is 33.8 Å². The molecule has 1 N–H and O–H groups in total. The predicted molar refractivity (Wildman–Crippen MR) is 65.7 cm³/mol. The molecule has 0 aromatic rings. The first-order valence-electron chi connectivity index (χ1n) is 5.89. The molecule has 0 aromatic heterocycles. The minimum Gasteiger partial charge on any atom is -0.481 e. The molecule has 1 aliphatic heterocycles. The highest BCUT2D eigenvalue weighted by molar-refractivity contribution is 6.16. The van der Waals surface area contributed by atoms with Crippen molar-refractivity contribution in [1.82, 2.24) is 4.90 Å². The van der Waals surface area contributed by atoms with E-state index in [4.69, 9.17) is 5.11 Å². The van der Waals surface area contributed by atoms with Crippen molar-refractivity contribution >= 4 is 17.8 Å². The SMILES string of the molecule is CC1=CC(=O)N(C(CC(=O)O)CC(C)(C)C)C1=O. The van der Waals surface area contributed by atoms with E-state index in [1.807, 2.05) is 20.8 Å². The Balaban J connectivity index is 2.94. The number of hydrogen-bond acceptors (Lipinski definition) is 3. The Hall–Kier alpha value is -1.65. The van der Waals surface area contributed by atoms with E-state index in [-0.39, 0.29) is 17.7 Å². The van der Waals surface area contributed by atoms with Gasteiger partial charge in [0.25, 0.3) is 11.8 Å². The van der Waals surface area contributed by atoms with Gasteiger partial charge in [0, 0.05) is 11.6 Å². The Morgan fingerprint density at radius 1 is 1.39 bits per heavy atom. The summed E-state index contributed by atoms with van der Waals surface area (Å²) >= 11 is 0. The molecule has 1 heterocycles. The molecule has 1 unspecified atom stereocenters. The van der Waals surface area contributed by atoms with Gasteiger partial charge in [-0.05, 0) is 18.8 Å². The maximum atomic E-state index is 11.9. The second-order valence-corrected chi connectivity index (χ2v) is 5.86. The minimum atomic E-state index is -1.01. The fourth-order valence-corrected chi connectivity index (χ4v) is 2.12. The molecule has 5 nitrogen and oxygen atoms in total. The van der Waals surface area contributed by atoms with Gasteiger partial charge in [-0.25, -0.2) is 0 Å². The van der Waals surface area contributed by atoms with Crippen LogP contribution in [0.5, 0.6) is 0 Å². The first kappa shape index (κ1) is 14.4. The lowest BCUT2D eigenvalue weighted by molar-refractivity contribution is -0.144. The standard InChI is InChI=1S/C13H19NO4/c1-8-5-10(15)14(12(8)18)9(6-11(16)17)7-13(2,3)4/h5,9H,6-7H2,1-4H3,(H,16,17). The molecule has 0 fully saturated rings. The summed E-state index contributed by atoms with van der Waals surface area (Å²) < 4.78 is 0. The van der Waals surface area contributed by atoms with Crippen LogP contribution < -0.4 is 0 Å². The number of carbonyl (C=O) groups is 3. The number of rotatable bonds is 4. The van der Waals surface area contributed by atoms with Gasteiger partial charge in [-0.2, -0.15) is 0 Å². The molecule has 0 aromatic carbocycles. The number of imide groups is 1. The lowest BCUT2D eigenvalue weighted by Crippen LogP contribution is -2.43. The first-order valence-corrected chi connectivity index (χ1v) is 5.89. The molecule has 1 aliphatic rings. The van der Waals surface area contributed by atoms with Gasteiger partial charge in [0.1, 0.15) is 0 Å². The van der Waals surface area contributed by atoms with Crippen LogP contribution in [-0.2, 0) is 14.4 Å². The van der Waals surface area contributed by atoms with E-state index in [9.17, 15) is 14.4 Å². The Labute approximate surface area is 106 Å². The molecular weight excluding hydrogens is 234 g/mol. The van der Waals surface area contributed by atoms with E-state index in [1.54, 1.807) is 6.92 Å². The number of carboxylic acid groups (broad SMARTS) is 1. The lowest BCUT2D eigenvalue weighted by atomic mass is 9.86. The highest BCUT2D eigenvalue weighted by atomic mass is 16.4. The Morgan fingerprint density at radius 3 is 2.28 bits per heavy atom. The number of nitrogens with zero attached hydrogens (tertiary/aromatic N) is 1. The molecular formula is C13H19NO4. The minimum absolute atomic E-state index is 0.156. The zero-order valence-electron chi connectivity index (χ0n) is 11.2. The van der Waals surface area contributed by atoms with Gasteiger partial charge < -0.3 is 5.11 Å². The molecule has 0 saturated carbocycles. The van der Waals surface area contributed by atoms with Gasteiger partial charge >= 0.3 is 5.97 Å². The third kappa shape index (κ3) is 3.42. The van der Waals surface area contributed by atoms with Crippen molar-refractivity contribution in [2.45, 2.75) is 46.6 Å². The summed E-state index contributed by atoms with van der Waals surface area (Å²) in [6.45, 7) is 7.42. The third-order valence-corrected chi connectivity index (χ3v) is 2.76. The summed E-state index contributed by atoms with van der Waals surface area (Å²) in [7, 11) is 0. The van der Waals surface area contributed by atoms with Gasteiger partial charge in [-0.1, -0.05) is 20.8 Å². The van der Waals surface area contributed by atoms with Crippen molar-refractivity contribution in [3.63, 3.8) is 0 Å². The van der Waals surface area contributed by atoms with Crippen LogP contribution in [0.2, 0.25) is 0 Å². The van der Waals surface area contributed by atoms with Crippen LogP contribution >= 0.6 is 0 Å². The van der Waals surface area contributed by atoms with Crippen molar-refractivity contribution in [2.75, 3.05) is 0 Å². The summed E-state index contributed by atoms with van der Waals surface area (Å²) in [6.07, 6.45) is 1.52. The van der Waals surface area contributed by atoms with Crippen LogP contribution in [0.3, 0.4) is 0 Å². The average molecular weight is 253 g/mol. The van der Waals surface area contributed by atoms with E-state index < -0.39 is 17.9 Å². The van der Waals surface area contributed by atoms with Crippen LogP contribution in [0.1, 0.15) is 40.5 Å². The van der Waals surface area contributed by atoms with E-state index in [1.165, 1.54) is 6.08 Å². The molecule has 0 saturated heterocycles. The second kappa shape index (κ2) is 4.92. The molecule has 1 rings (SSSR count). The molecule has 1 atom stereocenters. The largest absolute Gasteiger partial charge is 0.481 e. The van der Waals surface area contributed by atoms with Gasteiger partial charge in [0.05, 0.1) is 12.5 Å². The van der Waals surface area contributed by atoms with E-state index in [0.717, 1.165) is 4.90 Å². The molecule has 18 heavy (non-hydrogen) atoms. The topological polar surface area (TPSA) is 74.7 Å². The number of carboxylic acids is 1. The molecule has 0 spiro atoms. The van der Waals surface area contributed by atoms with Crippen LogP contribution in [0.25, 0.3) is 0 Å². The molecule has 100 valence electrons. The second-order valence-electron chi connectivity index (χ2n) is 5.86. The normalized spacial score (nSPS) is 18.0. The van der Waals surface area contributed by atoms with E-state index in [0.29, 0.717) is 12.0 Å².